The maximum absolute atomic E-state index is 5.66. The molecule has 2 heterocycles. The molecule has 6 heteroatoms. The van der Waals surface area contributed by atoms with Crippen molar-refractivity contribution >= 4 is 11.9 Å². The molecule has 6 nitrogen and oxygen atoms in total. The fourth-order valence-electron chi connectivity index (χ4n) is 1.56. The summed E-state index contributed by atoms with van der Waals surface area (Å²) in [6.07, 6.45) is 2.50. The number of pyridine rings is 1. The third kappa shape index (κ3) is 2.91. The van der Waals surface area contributed by atoms with Gasteiger partial charge in [-0.3, -0.25) is 4.98 Å². The van der Waals surface area contributed by atoms with Crippen molar-refractivity contribution in [2.75, 3.05) is 17.7 Å². The number of aryl methyl sites for hydroxylation is 1. The predicted octanol–water partition coefficient (Wildman–Crippen LogP) is 1.05. The number of nitrogens with two attached hydrogens (primary N) is 1. The molecule has 0 atom stereocenters. The van der Waals surface area contributed by atoms with Crippen LogP contribution in [0.1, 0.15) is 18.4 Å². The topological polar surface area (TPSA) is 80.8 Å². The minimum atomic E-state index is 0.254. The minimum absolute atomic E-state index is 0.254. The van der Waals surface area contributed by atoms with E-state index in [2.05, 4.69) is 19.9 Å². The number of hydrogen-bond donors (Lipinski definition) is 1. The fraction of sp³-hybridized carbons (Fsp3) is 0.333. The Morgan fingerprint density at radius 2 is 2.06 bits per heavy atom. The number of nitrogen functional groups attached to an aromatic ring is 1. The number of aromatic nitrogens is 4. The van der Waals surface area contributed by atoms with Crippen molar-refractivity contribution in [3.63, 3.8) is 0 Å². The first-order valence-corrected chi connectivity index (χ1v) is 5.80. The van der Waals surface area contributed by atoms with E-state index in [1.165, 1.54) is 0 Å². The Kier molecular flexibility index (Phi) is 3.66. The highest BCUT2D eigenvalue weighted by molar-refractivity contribution is 5.34. The summed E-state index contributed by atoms with van der Waals surface area (Å²) in [6, 6.07) is 5.80. The fourth-order valence-corrected chi connectivity index (χ4v) is 1.56. The molecule has 0 aliphatic carbocycles. The molecule has 0 aromatic carbocycles. The highest BCUT2D eigenvalue weighted by atomic mass is 15.3. The van der Waals surface area contributed by atoms with Gasteiger partial charge in [0.2, 0.25) is 11.9 Å². The molecule has 0 saturated carbocycles. The number of nitrogens with zero attached hydrogens (tertiary/aromatic N) is 5. The van der Waals surface area contributed by atoms with E-state index in [0.29, 0.717) is 18.3 Å². The van der Waals surface area contributed by atoms with Gasteiger partial charge in [-0.05, 0) is 12.1 Å². The van der Waals surface area contributed by atoms with Crippen LogP contribution < -0.4 is 10.6 Å². The lowest BCUT2D eigenvalue weighted by molar-refractivity contribution is 0.809. The number of hydrogen-bond acceptors (Lipinski definition) is 6. The second-order valence-electron chi connectivity index (χ2n) is 3.94. The summed E-state index contributed by atoms with van der Waals surface area (Å²) >= 11 is 0. The molecule has 0 fully saturated rings. The van der Waals surface area contributed by atoms with Crippen molar-refractivity contribution in [3.8, 4) is 0 Å². The maximum atomic E-state index is 5.66. The molecule has 94 valence electrons. The second kappa shape index (κ2) is 5.39. The van der Waals surface area contributed by atoms with Crippen LogP contribution in [-0.4, -0.2) is 27.0 Å². The van der Waals surface area contributed by atoms with Crippen LogP contribution in [0.3, 0.4) is 0 Å². The Balaban J connectivity index is 2.18. The summed E-state index contributed by atoms with van der Waals surface area (Å²) in [5.41, 5.74) is 6.62. The minimum Gasteiger partial charge on any atom is -0.368 e. The van der Waals surface area contributed by atoms with Gasteiger partial charge in [0.25, 0.3) is 0 Å². The van der Waals surface area contributed by atoms with Crippen LogP contribution in [0, 0.1) is 0 Å². The van der Waals surface area contributed by atoms with Gasteiger partial charge in [0, 0.05) is 19.7 Å². The zero-order chi connectivity index (χ0) is 13.0. The van der Waals surface area contributed by atoms with Gasteiger partial charge in [-0.15, -0.1) is 0 Å². The van der Waals surface area contributed by atoms with Crippen LogP contribution in [0.15, 0.2) is 24.4 Å². The molecule has 0 saturated heterocycles. The lowest BCUT2D eigenvalue weighted by atomic mass is 10.3. The molecule has 2 aromatic heterocycles. The van der Waals surface area contributed by atoms with Gasteiger partial charge >= 0.3 is 0 Å². The van der Waals surface area contributed by atoms with Crippen molar-refractivity contribution in [2.45, 2.75) is 19.9 Å². The van der Waals surface area contributed by atoms with Gasteiger partial charge in [0.1, 0.15) is 5.82 Å². The predicted molar refractivity (Wildman–Crippen MR) is 70.0 cm³/mol. The highest BCUT2D eigenvalue weighted by Crippen LogP contribution is 2.10. The van der Waals surface area contributed by atoms with Crippen LogP contribution in [0.4, 0.5) is 11.9 Å². The van der Waals surface area contributed by atoms with Gasteiger partial charge in [-0.25, -0.2) is 0 Å². The molecule has 2 N–H and O–H groups in total. The SMILES string of the molecule is CCc1nc(N)nc(N(C)Cc2ccccn2)n1. The quantitative estimate of drug-likeness (QED) is 0.865. The van der Waals surface area contributed by atoms with Gasteiger partial charge in [0.05, 0.1) is 12.2 Å². The summed E-state index contributed by atoms with van der Waals surface area (Å²) in [7, 11) is 1.91. The van der Waals surface area contributed by atoms with E-state index in [0.717, 1.165) is 12.1 Å². The Morgan fingerprint density at radius 3 is 2.72 bits per heavy atom. The van der Waals surface area contributed by atoms with E-state index in [9.17, 15) is 0 Å². The summed E-state index contributed by atoms with van der Waals surface area (Å²) in [5.74, 6) is 1.53. The smallest absolute Gasteiger partial charge is 0.230 e. The van der Waals surface area contributed by atoms with E-state index in [4.69, 9.17) is 5.73 Å². The van der Waals surface area contributed by atoms with E-state index in [1.54, 1.807) is 6.20 Å². The zero-order valence-corrected chi connectivity index (χ0v) is 10.5. The van der Waals surface area contributed by atoms with E-state index >= 15 is 0 Å². The number of anilines is 2. The van der Waals surface area contributed by atoms with Crippen LogP contribution >= 0.6 is 0 Å². The lowest BCUT2D eigenvalue weighted by Crippen LogP contribution is -2.21. The van der Waals surface area contributed by atoms with Crippen LogP contribution in [-0.2, 0) is 13.0 Å². The Morgan fingerprint density at radius 1 is 1.22 bits per heavy atom. The summed E-state index contributed by atoms with van der Waals surface area (Å²) in [4.78, 5) is 18.7. The average molecular weight is 244 g/mol. The molecule has 0 unspecified atom stereocenters. The third-order valence-corrected chi connectivity index (χ3v) is 2.47. The highest BCUT2D eigenvalue weighted by Gasteiger charge is 2.09. The van der Waals surface area contributed by atoms with Gasteiger partial charge in [-0.2, -0.15) is 15.0 Å². The molecule has 18 heavy (non-hydrogen) atoms. The number of rotatable bonds is 4. The van der Waals surface area contributed by atoms with Crippen molar-refractivity contribution < 1.29 is 0 Å². The van der Waals surface area contributed by atoms with Crippen LogP contribution in [0.25, 0.3) is 0 Å². The molecule has 0 radical (unpaired) electrons. The first kappa shape index (κ1) is 12.2. The monoisotopic (exact) mass is 244 g/mol. The van der Waals surface area contributed by atoms with Crippen LogP contribution in [0.5, 0.6) is 0 Å². The summed E-state index contributed by atoms with van der Waals surface area (Å²) in [5, 5.41) is 0. The molecule has 0 amide bonds. The largest absolute Gasteiger partial charge is 0.368 e. The van der Waals surface area contributed by atoms with Crippen molar-refractivity contribution in [3.05, 3.63) is 35.9 Å². The maximum Gasteiger partial charge on any atom is 0.230 e. The van der Waals surface area contributed by atoms with E-state index in [-0.39, 0.29) is 5.95 Å². The first-order valence-electron chi connectivity index (χ1n) is 5.80. The van der Waals surface area contributed by atoms with Crippen molar-refractivity contribution in [2.24, 2.45) is 0 Å². The standard InChI is InChI=1S/C12H16N6/c1-3-10-15-11(13)17-12(16-10)18(2)8-9-6-4-5-7-14-9/h4-7H,3,8H2,1-2H3,(H2,13,15,16,17). The molecule has 2 aromatic rings. The van der Waals surface area contributed by atoms with E-state index in [1.807, 2.05) is 37.1 Å². The molecule has 0 bridgehead atoms. The van der Waals surface area contributed by atoms with Crippen molar-refractivity contribution in [1.29, 1.82) is 0 Å². The second-order valence-corrected chi connectivity index (χ2v) is 3.94. The van der Waals surface area contributed by atoms with Gasteiger partial charge < -0.3 is 10.6 Å². The van der Waals surface area contributed by atoms with Crippen LogP contribution in [0.2, 0.25) is 0 Å². The normalized spacial score (nSPS) is 10.3. The Bertz CT molecular complexity index is 513. The molecular formula is C12H16N6. The summed E-state index contributed by atoms with van der Waals surface area (Å²) in [6.45, 7) is 2.62. The summed E-state index contributed by atoms with van der Waals surface area (Å²) < 4.78 is 0. The third-order valence-electron chi connectivity index (χ3n) is 2.47. The Hall–Kier alpha value is -2.24. The van der Waals surface area contributed by atoms with Gasteiger partial charge in [0.15, 0.2) is 0 Å². The van der Waals surface area contributed by atoms with Gasteiger partial charge in [-0.1, -0.05) is 13.0 Å². The molecule has 0 spiro atoms. The van der Waals surface area contributed by atoms with E-state index < -0.39 is 0 Å². The zero-order valence-electron chi connectivity index (χ0n) is 10.5. The molecular weight excluding hydrogens is 228 g/mol. The molecule has 2 rings (SSSR count). The molecule has 0 aliphatic rings. The first-order chi connectivity index (χ1) is 8.69. The molecule has 0 aliphatic heterocycles. The lowest BCUT2D eigenvalue weighted by Gasteiger charge is -2.16. The Labute approximate surface area is 106 Å². The van der Waals surface area contributed by atoms with Crippen molar-refractivity contribution in [1.82, 2.24) is 19.9 Å². The average Bonchev–Trinajstić information content (AvgIpc) is 2.39.